The fourth-order valence-corrected chi connectivity index (χ4v) is 4.14. The SMILES string of the molecule is COC(=O)C1=C(C(=O)OC)N(c2ccccc2Sc2ccc(C)cc2C)C=CC=C1. The Bertz CT molecular complexity index is 1070. The predicted molar refractivity (Wildman–Crippen MR) is 118 cm³/mol. The highest BCUT2D eigenvalue weighted by Gasteiger charge is 2.28. The molecule has 30 heavy (non-hydrogen) atoms. The zero-order valence-electron chi connectivity index (χ0n) is 17.3. The Kier molecular flexibility index (Phi) is 6.79. The molecule has 0 fully saturated rings. The fraction of sp³-hybridized carbons (Fsp3) is 0.167. The zero-order chi connectivity index (χ0) is 21.7. The quantitative estimate of drug-likeness (QED) is 0.637. The van der Waals surface area contributed by atoms with Crippen LogP contribution < -0.4 is 4.90 Å². The summed E-state index contributed by atoms with van der Waals surface area (Å²) in [5.74, 6) is -1.24. The van der Waals surface area contributed by atoms with E-state index in [0.29, 0.717) is 0 Å². The van der Waals surface area contributed by atoms with Crippen LogP contribution in [0.1, 0.15) is 11.1 Å². The zero-order valence-corrected chi connectivity index (χ0v) is 18.2. The highest BCUT2D eigenvalue weighted by molar-refractivity contribution is 7.99. The van der Waals surface area contributed by atoms with Crippen molar-refractivity contribution in [3.05, 3.63) is 89.3 Å². The molecule has 0 amide bonds. The molecule has 0 atom stereocenters. The minimum Gasteiger partial charge on any atom is -0.465 e. The summed E-state index contributed by atoms with van der Waals surface area (Å²) in [5.41, 5.74) is 3.35. The van der Waals surface area contributed by atoms with E-state index in [1.54, 1.807) is 41.1 Å². The van der Waals surface area contributed by atoms with Crippen molar-refractivity contribution >= 4 is 29.4 Å². The number of methoxy groups -OCH3 is 2. The number of carbonyl (C=O) groups excluding carboxylic acids is 2. The molecular weight excluding hydrogens is 398 g/mol. The summed E-state index contributed by atoms with van der Waals surface area (Å²) in [4.78, 5) is 28.8. The Hall–Kier alpha value is -3.25. The molecule has 1 aliphatic rings. The first kappa shape index (κ1) is 21.5. The van der Waals surface area contributed by atoms with E-state index in [0.717, 1.165) is 15.5 Å². The van der Waals surface area contributed by atoms with Gasteiger partial charge in [-0.15, -0.1) is 0 Å². The lowest BCUT2D eigenvalue weighted by molar-refractivity contribution is -0.139. The van der Waals surface area contributed by atoms with Gasteiger partial charge in [0.15, 0.2) is 0 Å². The van der Waals surface area contributed by atoms with Crippen molar-refractivity contribution in [2.75, 3.05) is 19.1 Å². The summed E-state index contributed by atoms with van der Waals surface area (Å²) in [5, 5.41) is 0. The van der Waals surface area contributed by atoms with E-state index in [9.17, 15) is 9.59 Å². The molecule has 0 spiro atoms. The smallest absolute Gasteiger partial charge is 0.355 e. The molecule has 154 valence electrons. The van der Waals surface area contributed by atoms with Gasteiger partial charge in [-0.2, -0.15) is 0 Å². The predicted octanol–water partition coefficient (Wildman–Crippen LogP) is 4.94. The van der Waals surface area contributed by atoms with Gasteiger partial charge in [0.05, 0.1) is 25.5 Å². The van der Waals surface area contributed by atoms with Crippen molar-refractivity contribution < 1.29 is 19.1 Å². The maximum absolute atomic E-state index is 12.7. The normalized spacial score (nSPS) is 13.3. The molecule has 0 saturated carbocycles. The molecule has 0 N–H and O–H groups in total. The number of aryl methyl sites for hydroxylation is 2. The third kappa shape index (κ3) is 4.49. The van der Waals surface area contributed by atoms with E-state index in [4.69, 9.17) is 9.47 Å². The summed E-state index contributed by atoms with van der Waals surface area (Å²) < 4.78 is 9.88. The highest BCUT2D eigenvalue weighted by atomic mass is 32.2. The van der Waals surface area contributed by atoms with Crippen LogP contribution in [-0.4, -0.2) is 26.2 Å². The number of hydrogen-bond acceptors (Lipinski definition) is 6. The van der Waals surface area contributed by atoms with Crippen molar-refractivity contribution in [2.24, 2.45) is 0 Å². The third-order valence-electron chi connectivity index (χ3n) is 4.56. The van der Waals surface area contributed by atoms with Crippen LogP contribution in [0.2, 0.25) is 0 Å². The van der Waals surface area contributed by atoms with Crippen molar-refractivity contribution in [1.82, 2.24) is 0 Å². The number of nitrogens with zero attached hydrogens (tertiary/aromatic N) is 1. The van der Waals surface area contributed by atoms with E-state index in [2.05, 4.69) is 32.0 Å². The van der Waals surface area contributed by atoms with Gasteiger partial charge in [-0.05, 0) is 49.8 Å². The molecule has 2 aromatic rings. The Morgan fingerprint density at radius 3 is 2.33 bits per heavy atom. The van der Waals surface area contributed by atoms with Gasteiger partial charge in [0.25, 0.3) is 0 Å². The first-order chi connectivity index (χ1) is 14.5. The summed E-state index contributed by atoms with van der Waals surface area (Å²) in [6.07, 6.45) is 6.74. The van der Waals surface area contributed by atoms with Gasteiger partial charge in [0.1, 0.15) is 5.70 Å². The molecule has 0 radical (unpaired) electrons. The number of allylic oxidation sites excluding steroid dienone is 2. The second-order valence-corrected chi connectivity index (χ2v) is 7.74. The van der Waals surface area contributed by atoms with Crippen LogP contribution in [0, 0.1) is 13.8 Å². The molecule has 5 nitrogen and oxygen atoms in total. The lowest BCUT2D eigenvalue weighted by atomic mass is 10.1. The van der Waals surface area contributed by atoms with Crippen LogP contribution in [0.25, 0.3) is 0 Å². The largest absolute Gasteiger partial charge is 0.465 e. The lowest BCUT2D eigenvalue weighted by Crippen LogP contribution is -2.27. The topological polar surface area (TPSA) is 55.8 Å². The summed E-state index contributed by atoms with van der Waals surface area (Å²) in [6.45, 7) is 4.13. The number of esters is 2. The number of benzene rings is 2. The maximum atomic E-state index is 12.7. The van der Waals surface area contributed by atoms with Gasteiger partial charge in [-0.25, -0.2) is 9.59 Å². The minimum absolute atomic E-state index is 0.100. The Labute approximate surface area is 180 Å². The van der Waals surface area contributed by atoms with Crippen molar-refractivity contribution in [2.45, 2.75) is 23.6 Å². The van der Waals surface area contributed by atoms with Crippen LogP contribution in [0.4, 0.5) is 5.69 Å². The highest BCUT2D eigenvalue weighted by Crippen LogP contribution is 2.39. The Morgan fingerprint density at radius 1 is 0.900 bits per heavy atom. The molecule has 3 rings (SSSR count). The van der Waals surface area contributed by atoms with Crippen molar-refractivity contribution in [3.63, 3.8) is 0 Å². The number of ether oxygens (including phenoxy) is 2. The standard InChI is InChI=1S/C24H23NO4S/c1-16-12-13-20(17(2)15-16)30-21-11-6-5-10-19(21)25-14-8-7-9-18(23(26)28-3)22(25)24(27)29-4/h5-15H,1-4H3. The van der Waals surface area contributed by atoms with E-state index < -0.39 is 11.9 Å². The molecule has 0 aromatic heterocycles. The molecule has 0 aliphatic carbocycles. The average molecular weight is 422 g/mol. The Balaban J connectivity index is 2.13. The third-order valence-corrected chi connectivity index (χ3v) is 5.81. The van der Waals surface area contributed by atoms with Crippen LogP contribution in [0.3, 0.4) is 0 Å². The number of carbonyl (C=O) groups is 2. The van der Waals surface area contributed by atoms with Crippen LogP contribution >= 0.6 is 11.8 Å². The molecule has 2 aromatic carbocycles. The first-order valence-electron chi connectivity index (χ1n) is 9.35. The van der Waals surface area contributed by atoms with Crippen molar-refractivity contribution in [1.29, 1.82) is 0 Å². The minimum atomic E-state index is -0.627. The maximum Gasteiger partial charge on any atom is 0.355 e. The molecule has 6 heteroatoms. The second kappa shape index (κ2) is 9.50. The summed E-state index contributed by atoms with van der Waals surface area (Å²) in [6, 6.07) is 14.0. The molecular formula is C24H23NO4S. The Morgan fingerprint density at radius 2 is 1.63 bits per heavy atom. The lowest BCUT2D eigenvalue weighted by Gasteiger charge is -2.25. The van der Waals surface area contributed by atoms with Crippen LogP contribution in [0.15, 0.2) is 88.0 Å². The van der Waals surface area contributed by atoms with Crippen molar-refractivity contribution in [3.8, 4) is 0 Å². The monoisotopic (exact) mass is 421 g/mol. The van der Waals surface area contributed by atoms with Crippen LogP contribution in [-0.2, 0) is 19.1 Å². The number of rotatable bonds is 5. The van der Waals surface area contributed by atoms with E-state index in [1.165, 1.54) is 25.3 Å². The summed E-state index contributed by atoms with van der Waals surface area (Å²) >= 11 is 1.60. The van der Waals surface area contributed by atoms with E-state index in [1.807, 2.05) is 24.3 Å². The number of hydrogen-bond donors (Lipinski definition) is 0. The first-order valence-corrected chi connectivity index (χ1v) is 10.2. The van der Waals surface area contributed by atoms with E-state index >= 15 is 0 Å². The van der Waals surface area contributed by atoms with Gasteiger partial charge >= 0.3 is 11.9 Å². The van der Waals surface area contributed by atoms with E-state index in [-0.39, 0.29) is 11.3 Å². The molecule has 1 aliphatic heterocycles. The summed E-state index contributed by atoms with van der Waals surface area (Å²) in [7, 11) is 2.57. The van der Waals surface area contributed by atoms with Gasteiger partial charge < -0.3 is 14.4 Å². The fourth-order valence-electron chi connectivity index (χ4n) is 3.13. The molecule has 0 saturated heterocycles. The molecule has 1 heterocycles. The van der Waals surface area contributed by atoms with Gasteiger partial charge in [0.2, 0.25) is 0 Å². The second-order valence-electron chi connectivity index (χ2n) is 6.65. The molecule has 0 bridgehead atoms. The number of anilines is 1. The van der Waals surface area contributed by atoms with Crippen LogP contribution in [0.5, 0.6) is 0 Å². The van der Waals surface area contributed by atoms with Gasteiger partial charge in [-0.3, -0.25) is 0 Å². The van der Waals surface area contributed by atoms with Gasteiger partial charge in [-0.1, -0.05) is 47.7 Å². The van der Waals surface area contributed by atoms with Gasteiger partial charge in [0, 0.05) is 16.0 Å². The molecule has 0 unspecified atom stereocenters. The number of para-hydroxylation sites is 1. The average Bonchev–Trinajstić information content (AvgIpc) is 2.98.